The van der Waals surface area contributed by atoms with Gasteiger partial charge in [-0.15, -0.1) is 0 Å². The van der Waals surface area contributed by atoms with Crippen molar-refractivity contribution in [2.75, 3.05) is 32.8 Å². The lowest BCUT2D eigenvalue weighted by molar-refractivity contribution is 0.0949. The van der Waals surface area contributed by atoms with Gasteiger partial charge >= 0.3 is 0 Å². The van der Waals surface area contributed by atoms with Gasteiger partial charge in [0.2, 0.25) is 5.43 Å². The summed E-state index contributed by atoms with van der Waals surface area (Å²) in [5, 5.41) is 4.07. The normalized spacial score (nSPS) is 14.7. The first-order valence-electron chi connectivity index (χ1n) is 15.4. The zero-order valence-electron chi connectivity index (χ0n) is 25.3. The van der Waals surface area contributed by atoms with Crippen molar-refractivity contribution in [2.24, 2.45) is 0 Å². The van der Waals surface area contributed by atoms with Crippen LogP contribution < -0.4 is 15.5 Å². The van der Waals surface area contributed by atoms with Crippen molar-refractivity contribution in [1.82, 2.24) is 20.1 Å². The number of aromatic nitrogens is 1. The molecule has 5 aromatic rings. The molecular formula is C37H37ClN4O3. The number of hydrogen-bond acceptors (Lipinski definition) is 5. The third-order valence-electron chi connectivity index (χ3n) is 8.36. The summed E-state index contributed by atoms with van der Waals surface area (Å²) in [5.74, 6) is 0.193. The van der Waals surface area contributed by atoms with E-state index in [0.717, 1.165) is 43.3 Å². The van der Waals surface area contributed by atoms with Crippen LogP contribution in [-0.4, -0.2) is 53.5 Å². The third-order valence-corrected chi connectivity index (χ3v) is 8.62. The number of H-pyrrole nitrogens is 1. The van der Waals surface area contributed by atoms with Crippen molar-refractivity contribution in [3.63, 3.8) is 0 Å². The molecule has 0 aliphatic carbocycles. The number of amides is 1. The molecule has 1 fully saturated rings. The first-order chi connectivity index (χ1) is 22.0. The smallest absolute Gasteiger partial charge is 0.257 e. The fourth-order valence-corrected chi connectivity index (χ4v) is 6.12. The van der Waals surface area contributed by atoms with Crippen molar-refractivity contribution >= 4 is 28.4 Å². The Hall–Kier alpha value is -4.43. The van der Waals surface area contributed by atoms with Gasteiger partial charge in [0.25, 0.3) is 5.91 Å². The molecule has 45 heavy (non-hydrogen) atoms. The van der Waals surface area contributed by atoms with E-state index in [0.29, 0.717) is 29.8 Å². The van der Waals surface area contributed by atoms with Gasteiger partial charge < -0.3 is 15.0 Å². The zero-order chi connectivity index (χ0) is 31.2. The van der Waals surface area contributed by atoms with Crippen LogP contribution in [0.2, 0.25) is 5.02 Å². The van der Waals surface area contributed by atoms with Gasteiger partial charge in [0.05, 0.1) is 12.6 Å². The second kappa shape index (κ2) is 14.1. The summed E-state index contributed by atoms with van der Waals surface area (Å²) in [6.45, 7) is 7.47. The van der Waals surface area contributed by atoms with Crippen LogP contribution >= 0.6 is 11.6 Å². The van der Waals surface area contributed by atoms with Gasteiger partial charge in [0.15, 0.2) is 0 Å². The molecule has 230 valence electrons. The van der Waals surface area contributed by atoms with E-state index in [1.165, 1.54) is 22.9 Å². The van der Waals surface area contributed by atoms with E-state index >= 15 is 0 Å². The highest BCUT2D eigenvalue weighted by atomic mass is 35.5. The Bertz CT molecular complexity index is 1800. The average molecular weight is 621 g/mol. The summed E-state index contributed by atoms with van der Waals surface area (Å²) in [4.78, 5) is 34.0. The second-order valence-corrected chi connectivity index (χ2v) is 11.8. The van der Waals surface area contributed by atoms with Crippen molar-refractivity contribution in [3.05, 3.63) is 146 Å². The van der Waals surface area contributed by atoms with E-state index < -0.39 is 5.91 Å². The molecule has 2 N–H and O–H groups in total. The van der Waals surface area contributed by atoms with Crippen molar-refractivity contribution in [1.29, 1.82) is 0 Å². The highest BCUT2D eigenvalue weighted by molar-refractivity contribution is 6.30. The number of ether oxygens (including phenoxy) is 1. The number of hydrogen-bond donors (Lipinski definition) is 2. The van der Waals surface area contributed by atoms with Crippen molar-refractivity contribution in [2.45, 2.75) is 26.1 Å². The monoisotopic (exact) mass is 620 g/mol. The molecule has 0 radical (unpaired) electrons. The summed E-state index contributed by atoms with van der Waals surface area (Å²) in [7, 11) is 0. The molecule has 8 heteroatoms. The number of pyridine rings is 1. The lowest BCUT2D eigenvalue weighted by Crippen LogP contribution is -2.47. The van der Waals surface area contributed by atoms with Gasteiger partial charge in [0, 0.05) is 61.4 Å². The van der Waals surface area contributed by atoms with Gasteiger partial charge in [-0.3, -0.25) is 19.4 Å². The van der Waals surface area contributed by atoms with Crippen molar-refractivity contribution in [3.8, 4) is 5.75 Å². The van der Waals surface area contributed by atoms with E-state index in [-0.39, 0.29) is 17.0 Å². The maximum Gasteiger partial charge on any atom is 0.257 e. The summed E-state index contributed by atoms with van der Waals surface area (Å²) in [5.41, 5.74) is 5.17. The first kappa shape index (κ1) is 30.6. The predicted octanol–water partition coefficient (Wildman–Crippen LogP) is 6.42. The summed E-state index contributed by atoms with van der Waals surface area (Å²) in [6, 6.07) is 32.6. The van der Waals surface area contributed by atoms with Gasteiger partial charge in [-0.1, -0.05) is 78.3 Å². The Labute approximate surface area is 268 Å². The topological polar surface area (TPSA) is 77.7 Å². The van der Waals surface area contributed by atoms with E-state index in [1.54, 1.807) is 18.2 Å². The Morgan fingerprint density at radius 3 is 2.29 bits per heavy atom. The molecule has 1 aliphatic heterocycles. The Morgan fingerprint density at radius 2 is 1.58 bits per heavy atom. The van der Waals surface area contributed by atoms with Crippen LogP contribution in [0.4, 0.5) is 0 Å². The van der Waals surface area contributed by atoms with E-state index in [1.807, 2.05) is 31.2 Å². The van der Waals surface area contributed by atoms with Gasteiger partial charge in [-0.25, -0.2) is 0 Å². The number of carbonyl (C=O) groups excluding carboxylic acids is 1. The SMILES string of the molecule is CCOc1ccc2[nH]cc(C(=O)NCc3ccc(CN4CCN(C(c5ccccc5)c5ccc(Cl)cc5)CC4)cc3)c(=O)c2c1. The lowest BCUT2D eigenvalue weighted by atomic mass is 9.96. The molecule has 7 nitrogen and oxygen atoms in total. The third kappa shape index (κ3) is 7.28. The number of piperazine rings is 1. The maximum atomic E-state index is 13.0. The van der Waals surface area contributed by atoms with E-state index in [2.05, 4.69) is 74.7 Å². The fourth-order valence-electron chi connectivity index (χ4n) is 6.00. The zero-order valence-corrected chi connectivity index (χ0v) is 26.1. The van der Waals surface area contributed by atoms with Crippen LogP contribution in [0.15, 0.2) is 108 Å². The highest BCUT2D eigenvalue weighted by Gasteiger charge is 2.26. The number of nitrogens with zero attached hydrogens (tertiary/aromatic N) is 2. The molecule has 2 heterocycles. The van der Waals surface area contributed by atoms with E-state index in [4.69, 9.17) is 16.3 Å². The van der Waals surface area contributed by atoms with Crippen LogP contribution in [0.3, 0.4) is 0 Å². The van der Waals surface area contributed by atoms with Crippen LogP contribution in [-0.2, 0) is 13.1 Å². The molecule has 0 bridgehead atoms. The minimum Gasteiger partial charge on any atom is -0.494 e. The number of rotatable bonds is 10. The molecule has 0 spiro atoms. The molecule has 1 aliphatic rings. The van der Waals surface area contributed by atoms with E-state index in [9.17, 15) is 9.59 Å². The molecule has 1 unspecified atom stereocenters. The highest BCUT2D eigenvalue weighted by Crippen LogP contribution is 2.30. The Morgan fingerprint density at radius 1 is 0.889 bits per heavy atom. The summed E-state index contributed by atoms with van der Waals surface area (Å²) in [6.07, 6.45) is 1.47. The van der Waals surface area contributed by atoms with Crippen LogP contribution in [0.25, 0.3) is 10.9 Å². The maximum absolute atomic E-state index is 13.0. The number of aromatic amines is 1. The second-order valence-electron chi connectivity index (χ2n) is 11.3. The van der Waals surface area contributed by atoms with Gasteiger partial charge in [-0.05, 0) is 59.5 Å². The van der Waals surface area contributed by atoms with Gasteiger partial charge in [0.1, 0.15) is 11.3 Å². The number of nitrogens with one attached hydrogen (secondary N) is 2. The molecule has 1 saturated heterocycles. The molecule has 1 amide bonds. The summed E-state index contributed by atoms with van der Waals surface area (Å²) >= 11 is 6.19. The number of benzene rings is 4. The summed E-state index contributed by atoms with van der Waals surface area (Å²) < 4.78 is 5.52. The minimum atomic E-state index is -0.408. The largest absolute Gasteiger partial charge is 0.494 e. The molecule has 1 aromatic heterocycles. The molecule has 4 aromatic carbocycles. The standard InChI is InChI=1S/C37H37ClN4O3/c1-2-45-31-16-17-34-32(22-31)36(43)33(24-39-34)37(44)40-23-26-8-10-27(11-9-26)25-41-18-20-42(21-19-41)35(28-6-4-3-5-7-28)29-12-14-30(38)15-13-29/h3-17,22,24,35H,2,18-21,23,25H2,1H3,(H,39,43)(H,40,44). The van der Waals surface area contributed by atoms with Gasteiger partial charge in [-0.2, -0.15) is 0 Å². The minimum absolute atomic E-state index is 0.0810. The molecule has 0 saturated carbocycles. The van der Waals surface area contributed by atoms with Crippen LogP contribution in [0, 0.1) is 0 Å². The number of carbonyl (C=O) groups is 1. The number of halogens is 1. The first-order valence-corrected chi connectivity index (χ1v) is 15.8. The van der Waals surface area contributed by atoms with Crippen LogP contribution in [0.5, 0.6) is 5.75 Å². The molecular weight excluding hydrogens is 584 g/mol. The van der Waals surface area contributed by atoms with Crippen LogP contribution in [0.1, 0.15) is 45.6 Å². The molecule has 6 rings (SSSR count). The quantitative estimate of drug-likeness (QED) is 0.189. The molecule has 1 atom stereocenters. The lowest BCUT2D eigenvalue weighted by Gasteiger charge is -2.40. The number of fused-ring (bicyclic) bond motifs is 1. The predicted molar refractivity (Wildman–Crippen MR) is 180 cm³/mol. The van der Waals surface area contributed by atoms with Crippen molar-refractivity contribution < 1.29 is 9.53 Å². The average Bonchev–Trinajstić information content (AvgIpc) is 3.07. The fraction of sp³-hybridized carbons (Fsp3) is 0.243. The Balaban J connectivity index is 1.04. The Kier molecular flexibility index (Phi) is 9.60.